The van der Waals surface area contributed by atoms with Crippen molar-refractivity contribution in [3.05, 3.63) is 82.9 Å². The van der Waals surface area contributed by atoms with Gasteiger partial charge in [-0.1, -0.05) is 0 Å². The van der Waals surface area contributed by atoms with Crippen LogP contribution in [0.15, 0.2) is 59.3 Å². The van der Waals surface area contributed by atoms with E-state index in [1.54, 1.807) is 0 Å². The largest absolute Gasteiger partial charge is 0.432 e. The van der Waals surface area contributed by atoms with E-state index >= 15 is 0 Å². The van der Waals surface area contributed by atoms with Crippen molar-refractivity contribution in [2.45, 2.75) is 13.2 Å². The summed E-state index contributed by atoms with van der Waals surface area (Å²) in [5, 5.41) is 0. The van der Waals surface area contributed by atoms with Crippen LogP contribution in [0.3, 0.4) is 0 Å². The molecule has 0 saturated carbocycles. The van der Waals surface area contributed by atoms with E-state index in [4.69, 9.17) is 11.5 Å². The molecule has 0 spiro atoms. The zero-order valence-corrected chi connectivity index (χ0v) is 20.7. The lowest BCUT2D eigenvalue weighted by atomic mass is 10.0. The highest BCUT2D eigenvalue weighted by Crippen LogP contribution is 2.39. The van der Waals surface area contributed by atoms with Crippen molar-refractivity contribution in [3.63, 3.8) is 0 Å². The highest BCUT2D eigenvalue weighted by atomic mass is 79.9. The highest BCUT2D eigenvalue weighted by molar-refractivity contribution is 9.10. The van der Waals surface area contributed by atoms with Crippen molar-refractivity contribution in [3.8, 4) is 33.8 Å². The first-order valence-electron chi connectivity index (χ1n) is 10.4. The molecule has 6 nitrogen and oxygen atoms in total. The van der Waals surface area contributed by atoms with Gasteiger partial charge in [0.2, 0.25) is 11.9 Å². The summed E-state index contributed by atoms with van der Waals surface area (Å²) < 4.78 is 110. The fourth-order valence-electron chi connectivity index (χ4n) is 3.18. The standard InChI is InChI=1S/C12H7BrF4N2O.C12H8F4N2O/c13-9-10(15)7(20-12(16)17)4-6(11(9)18)5-1-2-19-8(14)3-5;13-8-5-9(17)7(4-10(8)19-12(15)16)6-1-2-18-11(14)3-6/h1-4,12H,18H2;1-5,12H,17H2. The summed E-state index contributed by atoms with van der Waals surface area (Å²) in [5.41, 5.74) is 12.1. The number of nitrogen functional groups attached to an aromatic ring is 2. The van der Waals surface area contributed by atoms with Gasteiger partial charge in [-0.05, 0) is 51.3 Å². The van der Waals surface area contributed by atoms with Crippen LogP contribution in [0.5, 0.6) is 11.5 Å². The summed E-state index contributed by atoms with van der Waals surface area (Å²) in [6.45, 7) is -6.36. The molecule has 0 saturated heterocycles. The van der Waals surface area contributed by atoms with Crippen LogP contribution in [-0.4, -0.2) is 23.2 Å². The van der Waals surface area contributed by atoms with Crippen molar-refractivity contribution in [2.24, 2.45) is 0 Å². The Morgan fingerprint density at radius 3 is 1.69 bits per heavy atom. The molecular formula is C24H15BrF8N4O2. The monoisotopic (exact) mass is 622 g/mol. The molecule has 2 aromatic carbocycles. The number of benzene rings is 2. The van der Waals surface area contributed by atoms with Crippen LogP contribution in [0.1, 0.15) is 0 Å². The molecule has 0 atom stereocenters. The third kappa shape index (κ3) is 7.46. The summed E-state index contributed by atoms with van der Waals surface area (Å²) >= 11 is 2.85. The zero-order valence-electron chi connectivity index (χ0n) is 19.1. The lowest BCUT2D eigenvalue weighted by Crippen LogP contribution is -2.06. The first-order valence-corrected chi connectivity index (χ1v) is 11.2. The van der Waals surface area contributed by atoms with E-state index in [1.165, 1.54) is 24.5 Å². The molecule has 2 aromatic heterocycles. The molecule has 0 radical (unpaired) electrons. The molecule has 0 bridgehead atoms. The molecule has 0 amide bonds. The number of hydrogen-bond acceptors (Lipinski definition) is 6. The van der Waals surface area contributed by atoms with Crippen molar-refractivity contribution < 1.29 is 44.6 Å². The van der Waals surface area contributed by atoms with Crippen molar-refractivity contribution in [2.75, 3.05) is 11.5 Å². The summed E-state index contributed by atoms with van der Waals surface area (Å²) in [4.78, 5) is 6.71. The predicted molar refractivity (Wildman–Crippen MR) is 129 cm³/mol. The molecule has 0 aliphatic carbocycles. The molecule has 4 N–H and O–H groups in total. The Hall–Kier alpha value is -4.14. The molecule has 0 aliphatic heterocycles. The third-order valence-corrected chi connectivity index (χ3v) is 5.60. The van der Waals surface area contributed by atoms with Gasteiger partial charge in [0.05, 0.1) is 10.2 Å². The number of hydrogen-bond donors (Lipinski definition) is 2. The topological polar surface area (TPSA) is 96.3 Å². The lowest BCUT2D eigenvalue weighted by molar-refractivity contribution is -0.0528. The summed E-state index contributed by atoms with van der Waals surface area (Å²) in [5.74, 6) is -4.96. The van der Waals surface area contributed by atoms with Crippen molar-refractivity contribution in [1.82, 2.24) is 9.97 Å². The van der Waals surface area contributed by atoms with E-state index in [2.05, 4.69) is 35.4 Å². The van der Waals surface area contributed by atoms with Crippen molar-refractivity contribution in [1.29, 1.82) is 0 Å². The quantitative estimate of drug-likeness (QED) is 0.134. The first kappa shape index (κ1) is 29.4. The second-order valence-electron chi connectivity index (χ2n) is 7.33. The van der Waals surface area contributed by atoms with E-state index in [0.29, 0.717) is 0 Å². The Balaban J connectivity index is 0.000000216. The minimum atomic E-state index is -3.19. The van der Waals surface area contributed by atoms with Crippen LogP contribution in [-0.2, 0) is 0 Å². The van der Waals surface area contributed by atoms with Gasteiger partial charge in [-0.2, -0.15) is 26.3 Å². The smallest absolute Gasteiger partial charge is 0.387 e. The van der Waals surface area contributed by atoms with E-state index in [-0.39, 0.29) is 38.1 Å². The maximum Gasteiger partial charge on any atom is 0.387 e. The Morgan fingerprint density at radius 1 is 0.692 bits per heavy atom. The fourth-order valence-corrected chi connectivity index (χ4v) is 3.59. The first-order chi connectivity index (χ1) is 18.4. The van der Waals surface area contributed by atoms with Gasteiger partial charge in [-0.3, -0.25) is 0 Å². The molecule has 15 heteroatoms. The molecular weight excluding hydrogens is 608 g/mol. The number of halogens is 9. The van der Waals surface area contributed by atoms with Gasteiger partial charge in [-0.25, -0.2) is 18.7 Å². The van der Waals surface area contributed by atoms with E-state index in [1.807, 2.05) is 0 Å². The van der Waals surface area contributed by atoms with Crippen LogP contribution < -0.4 is 20.9 Å². The summed E-state index contributed by atoms with van der Waals surface area (Å²) in [7, 11) is 0. The van der Waals surface area contributed by atoms with Crippen LogP contribution >= 0.6 is 15.9 Å². The lowest BCUT2D eigenvalue weighted by Gasteiger charge is -2.13. The Morgan fingerprint density at radius 2 is 1.18 bits per heavy atom. The average molecular weight is 623 g/mol. The van der Waals surface area contributed by atoms with Crippen LogP contribution in [0.25, 0.3) is 22.3 Å². The Kier molecular flexibility index (Phi) is 9.51. The van der Waals surface area contributed by atoms with Gasteiger partial charge in [0.1, 0.15) is 0 Å². The van der Waals surface area contributed by atoms with E-state index in [9.17, 15) is 35.1 Å². The molecule has 39 heavy (non-hydrogen) atoms. The zero-order chi connectivity index (χ0) is 28.9. The predicted octanol–water partition coefficient (Wildman–Crippen LogP) is 7.18. The fraction of sp³-hybridized carbons (Fsp3) is 0.0833. The van der Waals surface area contributed by atoms with Gasteiger partial charge >= 0.3 is 13.2 Å². The second-order valence-corrected chi connectivity index (χ2v) is 8.12. The highest BCUT2D eigenvalue weighted by Gasteiger charge is 2.20. The van der Waals surface area contributed by atoms with Crippen LogP contribution in [0, 0.1) is 23.5 Å². The van der Waals surface area contributed by atoms with E-state index in [0.717, 1.165) is 30.3 Å². The van der Waals surface area contributed by atoms with E-state index < -0.39 is 48.3 Å². The number of rotatable bonds is 6. The van der Waals surface area contributed by atoms with Gasteiger partial charge in [0.25, 0.3) is 0 Å². The SMILES string of the molecule is Nc1c(-c2ccnc(F)c2)cc(OC(F)F)c(F)c1Br.Nc1cc(F)c(OC(F)F)cc1-c1ccnc(F)c1. The minimum absolute atomic E-state index is 0.0234. The Labute approximate surface area is 223 Å². The summed E-state index contributed by atoms with van der Waals surface area (Å²) in [6.07, 6.45) is 2.36. The molecule has 2 heterocycles. The molecule has 0 aliphatic rings. The number of pyridine rings is 2. The molecule has 0 unspecified atom stereocenters. The van der Waals surface area contributed by atoms with Gasteiger partial charge < -0.3 is 20.9 Å². The molecule has 4 rings (SSSR count). The van der Waals surface area contributed by atoms with Crippen LogP contribution in [0.2, 0.25) is 0 Å². The van der Waals surface area contributed by atoms with Gasteiger partial charge in [0.15, 0.2) is 23.1 Å². The third-order valence-electron chi connectivity index (χ3n) is 4.82. The average Bonchev–Trinajstić information content (AvgIpc) is 2.86. The minimum Gasteiger partial charge on any atom is -0.432 e. The number of alkyl halides is 4. The Bertz CT molecular complexity index is 1480. The van der Waals surface area contributed by atoms with Crippen LogP contribution in [0.4, 0.5) is 46.5 Å². The normalized spacial score (nSPS) is 10.8. The second kappa shape index (κ2) is 12.6. The number of nitrogens with two attached hydrogens (primary N) is 2. The number of nitrogens with zero attached hydrogens (tertiary/aromatic N) is 2. The van der Waals surface area contributed by atoms with Gasteiger partial charge in [0, 0.05) is 47.4 Å². The summed E-state index contributed by atoms with van der Waals surface area (Å²) in [6, 6.07) is 7.73. The molecule has 0 fully saturated rings. The number of ether oxygens (including phenoxy) is 2. The molecule has 4 aromatic rings. The maximum absolute atomic E-state index is 13.7. The van der Waals surface area contributed by atoms with Crippen molar-refractivity contribution >= 4 is 27.3 Å². The van der Waals surface area contributed by atoms with Gasteiger partial charge in [-0.15, -0.1) is 0 Å². The maximum atomic E-state index is 13.7. The number of aromatic nitrogens is 2. The molecule has 206 valence electrons. The number of anilines is 2.